The number of carbonyl (C=O) groups is 2. The van der Waals surface area contributed by atoms with Gasteiger partial charge < -0.3 is 10.4 Å². The predicted molar refractivity (Wildman–Crippen MR) is 135 cm³/mol. The smallest absolute Gasteiger partial charge is 0.326 e. The third-order valence-corrected chi connectivity index (χ3v) is 6.83. The number of carbonyl (C=O) groups excluding carboxylic acids is 1. The van der Waals surface area contributed by atoms with Crippen LogP contribution in [-0.4, -0.2) is 27.6 Å². The number of aliphatic carboxylic acids is 1. The Balaban J connectivity index is 2.14. The minimum absolute atomic E-state index is 0.0982. The second-order valence-corrected chi connectivity index (χ2v) is 11.2. The average Bonchev–Trinajstić information content (AvgIpc) is 2.75. The Morgan fingerprint density at radius 1 is 1.09 bits per heavy atom. The third kappa shape index (κ3) is 5.96. The van der Waals surface area contributed by atoms with Crippen molar-refractivity contribution >= 4 is 11.9 Å². The van der Waals surface area contributed by atoms with Crippen molar-refractivity contribution in [3.8, 4) is 11.3 Å². The van der Waals surface area contributed by atoms with Gasteiger partial charge in [-0.25, -0.2) is 4.79 Å². The van der Waals surface area contributed by atoms with Crippen LogP contribution in [0.2, 0.25) is 0 Å². The SMILES string of the molecule is Cc1ccc(-c2c(C)c(C(=O)NC3CCC(C)CC3)cc(=O)n2C(CC(C)(C)C)C(=O)O)cc1. The number of pyridine rings is 1. The molecule has 1 aromatic heterocycles. The first kappa shape index (κ1) is 25.7. The monoisotopic (exact) mass is 466 g/mol. The molecule has 2 aromatic rings. The molecule has 6 nitrogen and oxygen atoms in total. The van der Waals surface area contributed by atoms with Crippen molar-refractivity contribution in [2.45, 2.75) is 85.7 Å². The van der Waals surface area contributed by atoms with E-state index in [4.69, 9.17) is 0 Å². The molecule has 3 rings (SSSR count). The van der Waals surface area contributed by atoms with Crippen molar-refractivity contribution in [2.24, 2.45) is 11.3 Å². The molecule has 0 saturated heterocycles. The Morgan fingerprint density at radius 2 is 1.68 bits per heavy atom. The van der Waals surface area contributed by atoms with E-state index in [1.807, 2.05) is 52.0 Å². The standard InChI is InChI=1S/C28H38N2O4/c1-17-7-11-20(12-8-17)25-19(3)22(26(32)29-21-13-9-18(2)10-14-21)15-24(31)30(25)23(27(33)34)16-28(4,5)6/h7-8,11-12,15,18,21,23H,9-10,13-14,16H2,1-6H3,(H,29,32)(H,33,34). The van der Waals surface area contributed by atoms with Crippen LogP contribution in [0.1, 0.15) is 87.3 Å². The summed E-state index contributed by atoms with van der Waals surface area (Å²) in [5.41, 5.74) is 2.42. The van der Waals surface area contributed by atoms with Crippen LogP contribution < -0.4 is 10.9 Å². The highest BCUT2D eigenvalue weighted by Crippen LogP contribution is 2.33. The first-order valence-electron chi connectivity index (χ1n) is 12.2. The van der Waals surface area contributed by atoms with Gasteiger partial charge >= 0.3 is 5.97 Å². The van der Waals surface area contributed by atoms with Crippen LogP contribution in [0.5, 0.6) is 0 Å². The third-order valence-electron chi connectivity index (χ3n) is 6.83. The Kier molecular flexibility index (Phi) is 7.69. The lowest BCUT2D eigenvalue weighted by Gasteiger charge is -2.29. The van der Waals surface area contributed by atoms with E-state index in [9.17, 15) is 19.5 Å². The van der Waals surface area contributed by atoms with E-state index < -0.39 is 17.6 Å². The Bertz CT molecular complexity index is 1100. The van der Waals surface area contributed by atoms with Crippen molar-refractivity contribution in [1.82, 2.24) is 9.88 Å². The molecule has 1 fully saturated rings. The van der Waals surface area contributed by atoms with E-state index in [0.717, 1.165) is 36.8 Å². The van der Waals surface area contributed by atoms with Gasteiger partial charge in [0, 0.05) is 17.7 Å². The van der Waals surface area contributed by atoms with Crippen molar-refractivity contribution < 1.29 is 14.7 Å². The number of aromatic nitrogens is 1. The molecular weight excluding hydrogens is 428 g/mol. The number of carboxylic acid groups (broad SMARTS) is 1. The zero-order chi connectivity index (χ0) is 25.2. The largest absolute Gasteiger partial charge is 0.480 e. The predicted octanol–water partition coefficient (Wildman–Crippen LogP) is 5.50. The quantitative estimate of drug-likeness (QED) is 0.588. The van der Waals surface area contributed by atoms with Gasteiger partial charge in [0.2, 0.25) is 0 Å². The highest BCUT2D eigenvalue weighted by molar-refractivity contribution is 5.97. The molecule has 2 N–H and O–H groups in total. The van der Waals surface area contributed by atoms with Gasteiger partial charge in [0.1, 0.15) is 6.04 Å². The van der Waals surface area contributed by atoms with Gasteiger partial charge in [0.15, 0.2) is 0 Å². The molecule has 6 heteroatoms. The van der Waals surface area contributed by atoms with Gasteiger partial charge in [-0.3, -0.25) is 14.2 Å². The van der Waals surface area contributed by atoms with Gasteiger partial charge in [-0.1, -0.05) is 57.5 Å². The van der Waals surface area contributed by atoms with Gasteiger partial charge in [-0.15, -0.1) is 0 Å². The molecule has 0 spiro atoms. The zero-order valence-electron chi connectivity index (χ0n) is 21.3. The second kappa shape index (κ2) is 10.2. The highest BCUT2D eigenvalue weighted by Gasteiger charge is 2.31. The first-order chi connectivity index (χ1) is 15.9. The highest BCUT2D eigenvalue weighted by atomic mass is 16.4. The molecule has 1 aliphatic carbocycles. The minimum Gasteiger partial charge on any atom is -0.480 e. The van der Waals surface area contributed by atoms with Crippen molar-refractivity contribution in [3.05, 3.63) is 57.4 Å². The molecule has 1 atom stereocenters. The average molecular weight is 467 g/mol. The summed E-state index contributed by atoms with van der Waals surface area (Å²) in [6.07, 6.45) is 4.30. The van der Waals surface area contributed by atoms with E-state index in [2.05, 4.69) is 12.2 Å². The van der Waals surface area contributed by atoms with Crippen LogP contribution in [0, 0.1) is 25.2 Å². The molecule has 1 heterocycles. The van der Waals surface area contributed by atoms with Crippen molar-refractivity contribution in [1.29, 1.82) is 0 Å². The fourth-order valence-corrected chi connectivity index (χ4v) is 4.87. The molecule has 34 heavy (non-hydrogen) atoms. The molecule has 0 bridgehead atoms. The maximum atomic E-state index is 13.4. The Hall–Kier alpha value is -2.89. The van der Waals surface area contributed by atoms with E-state index in [-0.39, 0.29) is 23.8 Å². The van der Waals surface area contributed by atoms with Gasteiger partial charge in [-0.05, 0) is 68.4 Å². The number of hydrogen-bond acceptors (Lipinski definition) is 3. The molecule has 0 radical (unpaired) electrons. The maximum Gasteiger partial charge on any atom is 0.326 e. The van der Waals surface area contributed by atoms with E-state index >= 15 is 0 Å². The first-order valence-corrected chi connectivity index (χ1v) is 12.2. The van der Waals surface area contributed by atoms with Crippen molar-refractivity contribution in [3.63, 3.8) is 0 Å². The Labute approximate surface area is 202 Å². The van der Waals surface area contributed by atoms with Crippen LogP contribution >= 0.6 is 0 Å². The number of carboxylic acids is 1. The zero-order valence-corrected chi connectivity index (χ0v) is 21.3. The maximum absolute atomic E-state index is 13.4. The van der Waals surface area contributed by atoms with E-state index in [0.29, 0.717) is 22.7 Å². The summed E-state index contributed by atoms with van der Waals surface area (Å²) < 4.78 is 1.37. The van der Waals surface area contributed by atoms with Crippen molar-refractivity contribution in [2.75, 3.05) is 0 Å². The van der Waals surface area contributed by atoms with E-state index in [1.54, 1.807) is 6.92 Å². The second-order valence-electron chi connectivity index (χ2n) is 11.2. The van der Waals surface area contributed by atoms with Gasteiger partial charge in [0.25, 0.3) is 11.5 Å². The molecule has 1 unspecified atom stereocenters. The summed E-state index contributed by atoms with van der Waals surface area (Å²) in [5, 5.41) is 13.2. The van der Waals surface area contributed by atoms with Crippen LogP contribution in [-0.2, 0) is 4.79 Å². The lowest BCUT2D eigenvalue weighted by Crippen LogP contribution is -2.39. The van der Waals surface area contributed by atoms with Crippen LogP contribution in [0.4, 0.5) is 0 Å². The van der Waals surface area contributed by atoms with Gasteiger partial charge in [-0.2, -0.15) is 0 Å². The fourth-order valence-electron chi connectivity index (χ4n) is 4.87. The Morgan fingerprint density at radius 3 is 2.21 bits per heavy atom. The number of rotatable bonds is 6. The molecule has 1 aliphatic rings. The van der Waals surface area contributed by atoms with Crippen LogP contribution in [0.15, 0.2) is 35.1 Å². The number of amides is 1. The van der Waals surface area contributed by atoms with E-state index in [1.165, 1.54) is 10.6 Å². The number of benzene rings is 1. The van der Waals surface area contributed by atoms with Crippen LogP contribution in [0.25, 0.3) is 11.3 Å². The summed E-state index contributed by atoms with van der Waals surface area (Å²) >= 11 is 0. The summed E-state index contributed by atoms with van der Waals surface area (Å²) in [5.74, 6) is -0.654. The molecular formula is C28H38N2O4. The fraction of sp³-hybridized carbons (Fsp3) is 0.536. The molecule has 1 amide bonds. The lowest BCUT2D eigenvalue weighted by atomic mass is 9.87. The number of aryl methyl sites for hydroxylation is 1. The number of hydrogen-bond donors (Lipinski definition) is 2. The molecule has 0 aliphatic heterocycles. The molecule has 184 valence electrons. The van der Waals surface area contributed by atoms with Crippen LogP contribution in [0.3, 0.4) is 0 Å². The molecule has 1 aromatic carbocycles. The minimum atomic E-state index is -1.06. The summed E-state index contributed by atoms with van der Waals surface area (Å²) in [4.78, 5) is 39.1. The van der Waals surface area contributed by atoms with Gasteiger partial charge in [0.05, 0.1) is 5.69 Å². The summed E-state index contributed by atoms with van der Waals surface area (Å²) in [6, 6.07) is 7.99. The number of nitrogens with one attached hydrogen (secondary N) is 1. The summed E-state index contributed by atoms with van der Waals surface area (Å²) in [6.45, 7) is 11.9. The topological polar surface area (TPSA) is 88.4 Å². The summed E-state index contributed by atoms with van der Waals surface area (Å²) in [7, 11) is 0. The normalized spacial score (nSPS) is 19.5. The number of nitrogens with zero attached hydrogens (tertiary/aromatic N) is 1. The lowest BCUT2D eigenvalue weighted by molar-refractivity contribution is -0.141. The molecule has 1 saturated carbocycles.